The lowest BCUT2D eigenvalue weighted by Gasteiger charge is -2.23. The fourth-order valence-corrected chi connectivity index (χ4v) is 1.35. The van der Waals surface area contributed by atoms with Crippen LogP contribution in [0.15, 0.2) is 24.8 Å². The van der Waals surface area contributed by atoms with Crippen molar-refractivity contribution in [3.63, 3.8) is 0 Å². The number of ether oxygens (including phenoxy) is 1. The van der Waals surface area contributed by atoms with Crippen LogP contribution in [-0.2, 0) is 4.74 Å². The van der Waals surface area contributed by atoms with Crippen LogP contribution in [0.1, 0.15) is 40.0 Å². The Morgan fingerprint density at radius 3 is 2.73 bits per heavy atom. The normalized spacial score (nSPS) is 14.3. The molecular formula is C14H22O. The lowest BCUT2D eigenvalue weighted by atomic mass is 9.99. The molecule has 0 radical (unpaired) electrons. The molecule has 1 unspecified atom stereocenters. The molecule has 0 bridgehead atoms. The highest BCUT2D eigenvalue weighted by Gasteiger charge is 2.20. The fraction of sp³-hybridized carbons (Fsp3) is 0.571. The van der Waals surface area contributed by atoms with E-state index in [1.165, 1.54) is 0 Å². The minimum absolute atomic E-state index is 0.308. The summed E-state index contributed by atoms with van der Waals surface area (Å²) < 4.78 is 5.76. The Bertz CT molecular complexity index is 254. The monoisotopic (exact) mass is 206 g/mol. The Morgan fingerprint density at radius 2 is 2.20 bits per heavy atom. The van der Waals surface area contributed by atoms with Crippen LogP contribution in [0.2, 0.25) is 0 Å². The third-order valence-corrected chi connectivity index (χ3v) is 2.19. The first kappa shape index (κ1) is 14.0. The molecule has 1 atom stereocenters. The Hall–Kier alpha value is -1.00. The quantitative estimate of drug-likeness (QED) is 0.350. The Balaban J connectivity index is 4.15. The van der Waals surface area contributed by atoms with Crippen LogP contribution in [-0.4, -0.2) is 12.2 Å². The van der Waals surface area contributed by atoms with Gasteiger partial charge in [0.25, 0.3) is 0 Å². The van der Waals surface area contributed by atoms with Gasteiger partial charge in [0.2, 0.25) is 0 Å². The molecule has 0 saturated carbocycles. The zero-order valence-electron chi connectivity index (χ0n) is 10.2. The lowest BCUT2D eigenvalue weighted by Crippen LogP contribution is -2.26. The van der Waals surface area contributed by atoms with Gasteiger partial charge in [-0.15, -0.1) is 12.5 Å². The maximum atomic E-state index is 5.76. The highest BCUT2D eigenvalue weighted by Crippen LogP contribution is 2.18. The topological polar surface area (TPSA) is 9.23 Å². The maximum Gasteiger partial charge on any atom is 0.126 e. The summed E-state index contributed by atoms with van der Waals surface area (Å²) in [4.78, 5) is 0. The van der Waals surface area contributed by atoms with Crippen molar-refractivity contribution in [2.24, 2.45) is 0 Å². The van der Waals surface area contributed by atoms with Crippen molar-refractivity contribution in [1.82, 2.24) is 0 Å². The third-order valence-electron chi connectivity index (χ3n) is 2.19. The minimum atomic E-state index is -0.308. The van der Waals surface area contributed by atoms with Gasteiger partial charge in [0.1, 0.15) is 5.60 Å². The van der Waals surface area contributed by atoms with E-state index in [4.69, 9.17) is 4.74 Å². The van der Waals surface area contributed by atoms with E-state index in [-0.39, 0.29) is 5.60 Å². The van der Waals surface area contributed by atoms with Crippen molar-refractivity contribution in [2.75, 3.05) is 6.61 Å². The smallest absolute Gasteiger partial charge is 0.126 e. The number of unbranched alkanes of at least 4 members (excludes halogenated alkanes) is 1. The molecule has 15 heavy (non-hydrogen) atoms. The molecule has 0 N–H and O–H groups in total. The standard InChI is InChI=1S/C14H22O/c1-5-8-10-12-14(4,11-7-3)15-13-9-6-2/h5-6,9H,1,8,10,12-13H2,2-4H3/b9-6+. The summed E-state index contributed by atoms with van der Waals surface area (Å²) in [6.07, 6.45) is 8.98. The van der Waals surface area contributed by atoms with Crippen molar-refractivity contribution in [3.8, 4) is 11.8 Å². The molecule has 0 saturated heterocycles. The third kappa shape index (κ3) is 6.99. The molecule has 0 rings (SSSR count). The fourth-order valence-electron chi connectivity index (χ4n) is 1.35. The van der Waals surface area contributed by atoms with Crippen LogP contribution in [0.25, 0.3) is 0 Å². The molecule has 0 aromatic rings. The Morgan fingerprint density at radius 1 is 1.47 bits per heavy atom. The van der Waals surface area contributed by atoms with Gasteiger partial charge >= 0.3 is 0 Å². The molecule has 0 heterocycles. The first-order valence-electron chi connectivity index (χ1n) is 5.48. The molecule has 0 aromatic heterocycles. The van der Waals surface area contributed by atoms with Crippen LogP contribution in [0.4, 0.5) is 0 Å². The van der Waals surface area contributed by atoms with Gasteiger partial charge in [-0.2, -0.15) is 0 Å². The van der Waals surface area contributed by atoms with Gasteiger partial charge < -0.3 is 4.74 Å². The molecule has 1 heteroatoms. The zero-order valence-corrected chi connectivity index (χ0v) is 10.2. The second kappa shape index (κ2) is 8.32. The lowest BCUT2D eigenvalue weighted by molar-refractivity contribution is 0.0237. The summed E-state index contributed by atoms with van der Waals surface area (Å²) in [7, 11) is 0. The summed E-state index contributed by atoms with van der Waals surface area (Å²) in [5.74, 6) is 6.07. The van der Waals surface area contributed by atoms with Gasteiger partial charge in [-0.3, -0.25) is 0 Å². The predicted molar refractivity (Wildman–Crippen MR) is 66.7 cm³/mol. The Labute approximate surface area is 94.2 Å². The summed E-state index contributed by atoms with van der Waals surface area (Å²) in [6.45, 7) is 10.2. The molecular weight excluding hydrogens is 184 g/mol. The number of rotatable bonds is 7. The molecule has 84 valence electrons. The van der Waals surface area contributed by atoms with Crippen LogP contribution in [0, 0.1) is 11.8 Å². The molecule has 1 nitrogen and oxygen atoms in total. The van der Waals surface area contributed by atoms with Gasteiger partial charge in [-0.05, 0) is 40.0 Å². The van der Waals surface area contributed by atoms with Gasteiger partial charge in [0.05, 0.1) is 6.61 Å². The van der Waals surface area contributed by atoms with Crippen LogP contribution >= 0.6 is 0 Å². The van der Waals surface area contributed by atoms with E-state index in [9.17, 15) is 0 Å². The second-order valence-electron chi connectivity index (χ2n) is 3.67. The highest BCUT2D eigenvalue weighted by atomic mass is 16.5. The van der Waals surface area contributed by atoms with E-state index in [2.05, 4.69) is 25.3 Å². The predicted octanol–water partition coefficient (Wildman–Crippen LogP) is 3.72. The Kier molecular flexibility index (Phi) is 7.77. The van der Waals surface area contributed by atoms with Gasteiger partial charge in [0, 0.05) is 0 Å². The van der Waals surface area contributed by atoms with E-state index in [0.29, 0.717) is 6.61 Å². The van der Waals surface area contributed by atoms with Crippen LogP contribution in [0.5, 0.6) is 0 Å². The first-order valence-corrected chi connectivity index (χ1v) is 5.48. The number of hydrogen-bond acceptors (Lipinski definition) is 1. The van der Waals surface area contributed by atoms with Crippen molar-refractivity contribution in [1.29, 1.82) is 0 Å². The highest BCUT2D eigenvalue weighted by molar-refractivity contribution is 5.11. The summed E-state index contributed by atoms with van der Waals surface area (Å²) in [6, 6.07) is 0. The van der Waals surface area contributed by atoms with Crippen molar-refractivity contribution in [2.45, 2.75) is 45.6 Å². The SMILES string of the molecule is C=CCCCC(C)(C#CC)OC/C=C/C. The zero-order chi connectivity index (χ0) is 11.6. The average molecular weight is 206 g/mol. The molecule has 0 aliphatic carbocycles. The van der Waals surface area contributed by atoms with E-state index in [1.807, 2.05) is 32.1 Å². The van der Waals surface area contributed by atoms with Crippen molar-refractivity contribution in [3.05, 3.63) is 24.8 Å². The largest absolute Gasteiger partial charge is 0.359 e. The molecule has 0 spiro atoms. The van der Waals surface area contributed by atoms with Gasteiger partial charge in [-0.1, -0.05) is 24.1 Å². The van der Waals surface area contributed by atoms with Gasteiger partial charge in [0.15, 0.2) is 0 Å². The van der Waals surface area contributed by atoms with E-state index >= 15 is 0 Å². The van der Waals surface area contributed by atoms with Gasteiger partial charge in [-0.25, -0.2) is 0 Å². The molecule has 0 aromatic carbocycles. The van der Waals surface area contributed by atoms with Crippen molar-refractivity contribution < 1.29 is 4.74 Å². The van der Waals surface area contributed by atoms with Crippen LogP contribution in [0.3, 0.4) is 0 Å². The molecule has 0 aliphatic heterocycles. The van der Waals surface area contributed by atoms with E-state index < -0.39 is 0 Å². The number of allylic oxidation sites excluding steroid dienone is 2. The van der Waals surface area contributed by atoms with Crippen molar-refractivity contribution >= 4 is 0 Å². The minimum Gasteiger partial charge on any atom is -0.359 e. The molecule has 0 aliphatic rings. The molecule has 0 amide bonds. The molecule has 0 fully saturated rings. The van der Waals surface area contributed by atoms with Crippen LogP contribution < -0.4 is 0 Å². The second-order valence-corrected chi connectivity index (χ2v) is 3.67. The summed E-state index contributed by atoms with van der Waals surface area (Å²) in [5, 5.41) is 0. The number of hydrogen-bond donors (Lipinski definition) is 0. The average Bonchev–Trinajstić information content (AvgIpc) is 2.19. The van der Waals surface area contributed by atoms with E-state index in [0.717, 1.165) is 19.3 Å². The van der Waals surface area contributed by atoms with E-state index in [1.54, 1.807) is 0 Å². The first-order chi connectivity index (χ1) is 7.18. The maximum absolute atomic E-state index is 5.76. The summed E-state index contributed by atoms with van der Waals surface area (Å²) >= 11 is 0. The summed E-state index contributed by atoms with van der Waals surface area (Å²) in [5.41, 5.74) is -0.308.